The summed E-state index contributed by atoms with van der Waals surface area (Å²) in [5.41, 5.74) is -0.102. The number of rotatable bonds is 9. The van der Waals surface area contributed by atoms with Gasteiger partial charge >= 0.3 is 5.69 Å². The van der Waals surface area contributed by atoms with Gasteiger partial charge in [0.2, 0.25) is 5.75 Å². The van der Waals surface area contributed by atoms with E-state index in [1.165, 1.54) is 6.07 Å². The van der Waals surface area contributed by atoms with E-state index in [0.29, 0.717) is 6.61 Å². The van der Waals surface area contributed by atoms with E-state index in [0.717, 1.165) is 31.0 Å². The van der Waals surface area contributed by atoms with Gasteiger partial charge in [-0.2, -0.15) is 0 Å². The van der Waals surface area contributed by atoms with Crippen LogP contribution in [0.25, 0.3) is 0 Å². The van der Waals surface area contributed by atoms with Crippen molar-refractivity contribution in [3.8, 4) is 5.75 Å². The van der Waals surface area contributed by atoms with E-state index >= 15 is 0 Å². The lowest BCUT2D eigenvalue weighted by Crippen LogP contribution is -2.30. The van der Waals surface area contributed by atoms with Gasteiger partial charge in [0.25, 0.3) is 0 Å². The number of alkyl halides is 1. The maximum Gasteiger partial charge on any atom is 0.312 e. The Morgan fingerprint density at radius 3 is 2.43 bits per heavy atom. The monoisotopic (exact) mass is 377 g/mol. The molecular weight excluding hydrogens is 358 g/mol. The number of nitrogens with zero attached hydrogens (tertiary/aromatic N) is 1. The number of para-hydroxylation sites is 1. The first kappa shape index (κ1) is 18.2. The average Bonchev–Trinajstić information content (AvgIpc) is 2.45. The van der Waals surface area contributed by atoms with Crippen LogP contribution in [0.2, 0.25) is 5.02 Å². The second-order valence-corrected chi connectivity index (χ2v) is 6.24. The molecule has 4 nitrogen and oxygen atoms in total. The van der Waals surface area contributed by atoms with E-state index in [1.807, 2.05) is 0 Å². The molecule has 0 aliphatic carbocycles. The fourth-order valence-corrected chi connectivity index (χ4v) is 3.46. The Morgan fingerprint density at radius 2 is 1.95 bits per heavy atom. The van der Waals surface area contributed by atoms with Crippen molar-refractivity contribution in [3.05, 3.63) is 33.3 Å². The molecule has 0 bridgehead atoms. The summed E-state index contributed by atoms with van der Waals surface area (Å²) in [7, 11) is 0. The van der Waals surface area contributed by atoms with Crippen LogP contribution in [0.4, 0.5) is 5.69 Å². The summed E-state index contributed by atoms with van der Waals surface area (Å²) in [5, 5.41) is 12.2. The third-order valence-electron chi connectivity index (χ3n) is 3.51. The van der Waals surface area contributed by atoms with Gasteiger partial charge in [0.1, 0.15) is 0 Å². The topological polar surface area (TPSA) is 52.4 Å². The van der Waals surface area contributed by atoms with Crippen LogP contribution in [0.3, 0.4) is 0 Å². The number of nitro groups is 1. The predicted molar refractivity (Wildman–Crippen MR) is 89.6 cm³/mol. The molecule has 1 aromatic rings. The molecule has 0 unspecified atom stereocenters. The molecule has 0 saturated carbocycles. The highest BCUT2D eigenvalue weighted by atomic mass is 79.9. The summed E-state index contributed by atoms with van der Waals surface area (Å²) >= 11 is 9.63. The summed E-state index contributed by atoms with van der Waals surface area (Å²) < 4.78 is 5.79. The van der Waals surface area contributed by atoms with E-state index < -0.39 is 4.92 Å². The zero-order chi connectivity index (χ0) is 15.9. The van der Waals surface area contributed by atoms with Crippen LogP contribution < -0.4 is 4.74 Å². The van der Waals surface area contributed by atoms with E-state index in [4.69, 9.17) is 16.3 Å². The molecule has 0 heterocycles. The predicted octanol–water partition coefficient (Wildman–Crippen LogP) is 5.61. The third kappa shape index (κ3) is 4.85. The largest absolute Gasteiger partial charge is 0.485 e. The molecule has 0 spiro atoms. The first-order valence-corrected chi connectivity index (χ1v) is 8.61. The molecule has 1 aromatic carbocycles. The first-order chi connectivity index (χ1) is 9.99. The Morgan fingerprint density at radius 1 is 1.33 bits per heavy atom. The van der Waals surface area contributed by atoms with Crippen LogP contribution in [0.5, 0.6) is 5.75 Å². The van der Waals surface area contributed by atoms with Gasteiger partial charge in [-0.15, -0.1) is 0 Å². The summed E-state index contributed by atoms with van der Waals surface area (Å²) in [6, 6.07) is 4.58. The lowest BCUT2D eigenvalue weighted by Gasteiger charge is -2.31. The molecule has 0 atom stereocenters. The summed E-state index contributed by atoms with van der Waals surface area (Å²) in [6.45, 7) is 4.68. The fourth-order valence-electron chi connectivity index (χ4n) is 2.51. The van der Waals surface area contributed by atoms with E-state index in [-0.39, 0.29) is 21.9 Å². The van der Waals surface area contributed by atoms with Crippen LogP contribution >= 0.6 is 27.5 Å². The molecule has 0 radical (unpaired) electrons. The number of benzene rings is 1. The van der Waals surface area contributed by atoms with Gasteiger partial charge in [-0.25, -0.2) is 0 Å². The normalized spacial score (nSPS) is 11.4. The minimum absolute atomic E-state index is 0.0173. The highest BCUT2D eigenvalue weighted by Gasteiger charge is 2.30. The van der Waals surface area contributed by atoms with Crippen LogP contribution in [0.15, 0.2) is 18.2 Å². The lowest BCUT2D eigenvalue weighted by atomic mass is 9.82. The highest BCUT2D eigenvalue weighted by molar-refractivity contribution is 9.09. The van der Waals surface area contributed by atoms with Crippen molar-refractivity contribution < 1.29 is 9.66 Å². The first-order valence-electron chi connectivity index (χ1n) is 7.11. The second kappa shape index (κ2) is 8.59. The summed E-state index contributed by atoms with van der Waals surface area (Å²) in [4.78, 5) is 10.6. The smallest absolute Gasteiger partial charge is 0.312 e. The average molecular weight is 379 g/mol. The van der Waals surface area contributed by atoms with Gasteiger partial charge in [-0.05, 0) is 18.9 Å². The SMILES string of the molecule is CCCC(CBr)(CCC)COc1c(Cl)cccc1[N+](=O)[O-]. The molecule has 1 rings (SSSR count). The fraction of sp³-hybridized carbons (Fsp3) is 0.600. The minimum atomic E-state index is -0.462. The van der Waals surface area contributed by atoms with Crippen molar-refractivity contribution in [2.24, 2.45) is 5.41 Å². The van der Waals surface area contributed by atoms with Gasteiger partial charge < -0.3 is 4.74 Å². The lowest BCUT2D eigenvalue weighted by molar-refractivity contribution is -0.385. The molecule has 0 aliphatic rings. The third-order valence-corrected chi connectivity index (χ3v) is 5.00. The zero-order valence-corrected chi connectivity index (χ0v) is 14.7. The maximum absolute atomic E-state index is 11.1. The van der Waals surface area contributed by atoms with Gasteiger partial charge in [-0.3, -0.25) is 10.1 Å². The van der Waals surface area contributed by atoms with Crippen molar-refractivity contribution in [1.82, 2.24) is 0 Å². The maximum atomic E-state index is 11.1. The van der Waals surface area contributed by atoms with Crippen LogP contribution in [-0.4, -0.2) is 16.9 Å². The molecule has 21 heavy (non-hydrogen) atoms. The van der Waals surface area contributed by atoms with Crippen molar-refractivity contribution in [3.63, 3.8) is 0 Å². The van der Waals surface area contributed by atoms with E-state index in [1.54, 1.807) is 12.1 Å². The minimum Gasteiger partial charge on any atom is -0.485 e. The van der Waals surface area contributed by atoms with E-state index in [2.05, 4.69) is 29.8 Å². The molecule has 6 heteroatoms. The Kier molecular flexibility index (Phi) is 7.46. The van der Waals surface area contributed by atoms with Crippen LogP contribution in [0.1, 0.15) is 39.5 Å². The number of nitro benzene ring substituents is 1. The van der Waals surface area contributed by atoms with Crippen molar-refractivity contribution in [1.29, 1.82) is 0 Å². The molecule has 0 aliphatic heterocycles. The number of halogens is 2. The van der Waals surface area contributed by atoms with E-state index in [9.17, 15) is 10.1 Å². The molecule has 0 aromatic heterocycles. The molecule has 0 amide bonds. The van der Waals surface area contributed by atoms with Gasteiger partial charge in [0, 0.05) is 16.8 Å². The number of hydrogen-bond acceptors (Lipinski definition) is 3. The van der Waals surface area contributed by atoms with Crippen LogP contribution in [-0.2, 0) is 0 Å². The number of hydrogen-bond donors (Lipinski definition) is 0. The highest BCUT2D eigenvalue weighted by Crippen LogP contribution is 2.38. The molecule has 0 N–H and O–H groups in total. The van der Waals surface area contributed by atoms with Gasteiger partial charge in [0.15, 0.2) is 0 Å². The zero-order valence-electron chi connectivity index (χ0n) is 12.4. The van der Waals surface area contributed by atoms with Crippen LogP contribution in [0, 0.1) is 15.5 Å². The van der Waals surface area contributed by atoms with Crippen molar-refractivity contribution >= 4 is 33.2 Å². The Bertz CT molecular complexity index is 476. The standard InChI is InChI=1S/C15H21BrClNO3/c1-3-8-15(10-16,9-4-2)11-21-14-12(17)6-5-7-13(14)18(19)20/h5-7H,3-4,8-11H2,1-2H3. The summed E-state index contributed by atoms with van der Waals surface area (Å²) in [5.74, 6) is 0.168. The van der Waals surface area contributed by atoms with Gasteiger partial charge in [0.05, 0.1) is 16.6 Å². The van der Waals surface area contributed by atoms with Gasteiger partial charge in [-0.1, -0.05) is 60.3 Å². The molecule has 0 fully saturated rings. The Labute approximate surface area is 139 Å². The second-order valence-electron chi connectivity index (χ2n) is 5.27. The quantitative estimate of drug-likeness (QED) is 0.319. The molecular formula is C15H21BrClNO3. The van der Waals surface area contributed by atoms with Crippen molar-refractivity contribution in [2.45, 2.75) is 39.5 Å². The summed E-state index contributed by atoms with van der Waals surface area (Å²) in [6.07, 6.45) is 4.09. The van der Waals surface area contributed by atoms with Crippen molar-refractivity contribution in [2.75, 3.05) is 11.9 Å². The Balaban J connectivity index is 2.97. The molecule has 118 valence electrons. The molecule has 0 saturated heterocycles. The Hall–Kier alpha value is -0.810. The number of ether oxygens (including phenoxy) is 1.